The number of fused-ring (bicyclic) bond motifs is 1. The van der Waals surface area contributed by atoms with Crippen LogP contribution in [0.5, 0.6) is 0 Å². The standard InChI is InChI=1S/C16H17N5S/c1-3-11-4-6-12(7-5-11)21-19-14-8-10(2)13(18-16(17)22)9-15(14)20-21/h4-9H,3H2,1-2H3,(H3,17,18,22). The first-order chi connectivity index (χ1) is 10.6. The number of nitrogens with zero attached hydrogens (tertiary/aromatic N) is 3. The molecule has 0 aliphatic carbocycles. The number of aromatic nitrogens is 3. The average Bonchev–Trinajstić information content (AvgIpc) is 2.90. The van der Waals surface area contributed by atoms with Gasteiger partial charge in [-0.05, 0) is 61.0 Å². The van der Waals surface area contributed by atoms with Gasteiger partial charge in [0.15, 0.2) is 5.11 Å². The predicted octanol–water partition coefficient (Wildman–Crippen LogP) is 2.95. The minimum atomic E-state index is 0.241. The van der Waals surface area contributed by atoms with Crippen molar-refractivity contribution in [2.24, 2.45) is 5.73 Å². The zero-order valence-electron chi connectivity index (χ0n) is 12.5. The summed E-state index contributed by atoms with van der Waals surface area (Å²) >= 11 is 4.89. The summed E-state index contributed by atoms with van der Waals surface area (Å²) in [7, 11) is 0. The van der Waals surface area contributed by atoms with Crippen molar-refractivity contribution in [2.75, 3.05) is 5.32 Å². The van der Waals surface area contributed by atoms with Gasteiger partial charge in [0.25, 0.3) is 0 Å². The van der Waals surface area contributed by atoms with E-state index in [0.717, 1.165) is 34.4 Å². The van der Waals surface area contributed by atoms with Crippen molar-refractivity contribution in [1.82, 2.24) is 15.0 Å². The molecule has 5 nitrogen and oxygen atoms in total. The largest absolute Gasteiger partial charge is 0.376 e. The highest BCUT2D eigenvalue weighted by atomic mass is 32.1. The number of hydrogen-bond donors (Lipinski definition) is 2. The fourth-order valence-electron chi connectivity index (χ4n) is 2.32. The van der Waals surface area contributed by atoms with Crippen LogP contribution in [0, 0.1) is 6.92 Å². The van der Waals surface area contributed by atoms with Gasteiger partial charge >= 0.3 is 0 Å². The molecule has 0 amide bonds. The lowest BCUT2D eigenvalue weighted by Gasteiger charge is -2.06. The second-order valence-electron chi connectivity index (χ2n) is 5.15. The van der Waals surface area contributed by atoms with Crippen LogP contribution in [0.4, 0.5) is 5.69 Å². The predicted molar refractivity (Wildman–Crippen MR) is 93.4 cm³/mol. The summed E-state index contributed by atoms with van der Waals surface area (Å²) in [5.74, 6) is 0. The van der Waals surface area contributed by atoms with E-state index in [0.29, 0.717) is 0 Å². The van der Waals surface area contributed by atoms with E-state index >= 15 is 0 Å². The van der Waals surface area contributed by atoms with Crippen LogP contribution in [-0.2, 0) is 6.42 Å². The van der Waals surface area contributed by atoms with Gasteiger partial charge in [0.05, 0.1) is 5.69 Å². The maximum atomic E-state index is 5.54. The molecule has 1 heterocycles. The van der Waals surface area contributed by atoms with Crippen LogP contribution in [0.25, 0.3) is 16.7 Å². The van der Waals surface area contributed by atoms with Gasteiger partial charge in [0.1, 0.15) is 11.0 Å². The topological polar surface area (TPSA) is 68.8 Å². The lowest BCUT2D eigenvalue weighted by Crippen LogP contribution is -2.19. The molecule has 2 aromatic carbocycles. The average molecular weight is 311 g/mol. The molecule has 3 aromatic rings. The number of nitrogens with one attached hydrogen (secondary N) is 1. The number of rotatable bonds is 3. The van der Waals surface area contributed by atoms with E-state index in [-0.39, 0.29) is 5.11 Å². The Morgan fingerprint density at radius 3 is 2.41 bits per heavy atom. The maximum absolute atomic E-state index is 5.54. The Morgan fingerprint density at radius 2 is 1.82 bits per heavy atom. The van der Waals surface area contributed by atoms with Crippen LogP contribution in [-0.4, -0.2) is 20.1 Å². The van der Waals surface area contributed by atoms with Crippen molar-refractivity contribution in [3.05, 3.63) is 47.5 Å². The Kier molecular flexibility index (Phi) is 3.77. The Morgan fingerprint density at radius 1 is 1.18 bits per heavy atom. The Labute approximate surface area is 134 Å². The molecule has 1 aromatic heterocycles. The van der Waals surface area contributed by atoms with Crippen LogP contribution in [0.3, 0.4) is 0 Å². The van der Waals surface area contributed by atoms with Crippen LogP contribution in [0.15, 0.2) is 36.4 Å². The van der Waals surface area contributed by atoms with Crippen molar-refractivity contribution in [3.63, 3.8) is 0 Å². The molecule has 0 aliphatic rings. The van der Waals surface area contributed by atoms with E-state index in [9.17, 15) is 0 Å². The smallest absolute Gasteiger partial charge is 0.168 e. The van der Waals surface area contributed by atoms with E-state index in [2.05, 4.69) is 34.6 Å². The number of nitrogens with two attached hydrogens (primary N) is 1. The lowest BCUT2D eigenvalue weighted by molar-refractivity contribution is 0.765. The van der Waals surface area contributed by atoms with Gasteiger partial charge in [-0.3, -0.25) is 0 Å². The minimum Gasteiger partial charge on any atom is -0.376 e. The number of anilines is 1. The molecule has 0 aliphatic heterocycles. The highest BCUT2D eigenvalue weighted by Crippen LogP contribution is 2.22. The molecule has 6 heteroatoms. The molecule has 0 atom stereocenters. The number of aryl methyl sites for hydroxylation is 2. The van der Waals surface area contributed by atoms with Gasteiger partial charge in [0.2, 0.25) is 0 Å². The van der Waals surface area contributed by atoms with E-state index in [4.69, 9.17) is 18.0 Å². The van der Waals surface area contributed by atoms with Crippen LogP contribution in [0.2, 0.25) is 0 Å². The first kappa shape index (κ1) is 14.5. The summed E-state index contributed by atoms with van der Waals surface area (Å²) in [6, 6.07) is 12.1. The second kappa shape index (κ2) is 5.73. The fourth-order valence-corrected chi connectivity index (χ4v) is 2.43. The number of hydrogen-bond acceptors (Lipinski definition) is 3. The summed E-state index contributed by atoms with van der Waals surface area (Å²) in [5.41, 5.74) is 11.3. The molecular formula is C16H17N5S. The van der Waals surface area contributed by atoms with Crippen LogP contribution < -0.4 is 11.1 Å². The first-order valence-electron chi connectivity index (χ1n) is 7.10. The number of benzene rings is 2. The number of thiocarbonyl (C=S) groups is 1. The van der Waals surface area contributed by atoms with Gasteiger partial charge < -0.3 is 11.1 Å². The van der Waals surface area contributed by atoms with Gasteiger partial charge in [-0.25, -0.2) is 0 Å². The van der Waals surface area contributed by atoms with Gasteiger partial charge in [-0.2, -0.15) is 4.80 Å². The van der Waals surface area contributed by atoms with E-state index in [1.54, 1.807) is 4.80 Å². The third-order valence-electron chi connectivity index (χ3n) is 3.56. The molecule has 3 N–H and O–H groups in total. The quantitative estimate of drug-likeness (QED) is 0.728. The highest BCUT2D eigenvalue weighted by molar-refractivity contribution is 7.80. The molecule has 112 valence electrons. The second-order valence-corrected chi connectivity index (χ2v) is 5.59. The summed E-state index contributed by atoms with van der Waals surface area (Å²) in [5, 5.41) is 12.3. The summed E-state index contributed by atoms with van der Waals surface area (Å²) < 4.78 is 0. The van der Waals surface area contributed by atoms with Crippen molar-refractivity contribution in [1.29, 1.82) is 0 Å². The third-order valence-corrected chi connectivity index (χ3v) is 3.66. The molecule has 0 radical (unpaired) electrons. The SMILES string of the molecule is CCc1ccc(-n2nc3cc(C)c(NC(N)=S)cc3n2)cc1. The van der Waals surface area contributed by atoms with E-state index < -0.39 is 0 Å². The molecule has 22 heavy (non-hydrogen) atoms. The Hall–Kier alpha value is -2.47. The summed E-state index contributed by atoms with van der Waals surface area (Å²) in [4.78, 5) is 1.65. The molecular weight excluding hydrogens is 294 g/mol. The van der Waals surface area contributed by atoms with Crippen LogP contribution in [0.1, 0.15) is 18.1 Å². The summed E-state index contributed by atoms with van der Waals surface area (Å²) in [6.07, 6.45) is 1.02. The van der Waals surface area contributed by atoms with Gasteiger partial charge in [-0.1, -0.05) is 19.1 Å². The Balaban J connectivity index is 2.03. The zero-order chi connectivity index (χ0) is 15.7. The maximum Gasteiger partial charge on any atom is 0.168 e. The third kappa shape index (κ3) is 2.78. The lowest BCUT2D eigenvalue weighted by atomic mass is 10.2. The molecule has 0 unspecified atom stereocenters. The molecule has 0 bridgehead atoms. The van der Waals surface area contributed by atoms with E-state index in [1.165, 1.54) is 5.56 Å². The molecule has 0 saturated carbocycles. The summed E-state index contributed by atoms with van der Waals surface area (Å²) in [6.45, 7) is 4.11. The van der Waals surface area contributed by atoms with Gasteiger partial charge in [-0.15, -0.1) is 10.2 Å². The van der Waals surface area contributed by atoms with Crippen molar-refractivity contribution in [3.8, 4) is 5.69 Å². The molecule has 0 saturated heterocycles. The monoisotopic (exact) mass is 311 g/mol. The van der Waals surface area contributed by atoms with E-state index in [1.807, 2.05) is 31.2 Å². The fraction of sp³-hybridized carbons (Fsp3) is 0.188. The Bertz CT molecular complexity index is 836. The van der Waals surface area contributed by atoms with Crippen molar-refractivity contribution >= 4 is 34.1 Å². The van der Waals surface area contributed by atoms with Crippen molar-refractivity contribution < 1.29 is 0 Å². The minimum absolute atomic E-state index is 0.241. The molecule has 0 spiro atoms. The zero-order valence-corrected chi connectivity index (χ0v) is 13.3. The molecule has 0 fully saturated rings. The highest BCUT2D eigenvalue weighted by Gasteiger charge is 2.08. The molecule has 3 rings (SSSR count). The van der Waals surface area contributed by atoms with Crippen molar-refractivity contribution in [2.45, 2.75) is 20.3 Å². The first-order valence-corrected chi connectivity index (χ1v) is 7.51. The van der Waals surface area contributed by atoms with Gasteiger partial charge in [0, 0.05) is 5.69 Å². The normalized spacial score (nSPS) is 10.8. The van der Waals surface area contributed by atoms with Crippen LogP contribution >= 0.6 is 12.2 Å².